The second-order valence-electron chi connectivity index (χ2n) is 5.88. The van der Waals surface area contributed by atoms with Gasteiger partial charge in [0.25, 0.3) is 0 Å². The number of fused-ring (bicyclic) bond motifs is 1. The van der Waals surface area contributed by atoms with Gasteiger partial charge in [-0.1, -0.05) is 19.8 Å². The van der Waals surface area contributed by atoms with Crippen LogP contribution in [0.2, 0.25) is 0 Å². The molecule has 0 atom stereocenters. The van der Waals surface area contributed by atoms with Gasteiger partial charge < -0.3 is 9.73 Å². The number of benzene rings is 1. The van der Waals surface area contributed by atoms with Crippen LogP contribution < -0.4 is 11.1 Å². The van der Waals surface area contributed by atoms with E-state index in [0.717, 1.165) is 17.1 Å². The molecule has 4 nitrogen and oxygen atoms in total. The molecule has 2 aromatic rings. The highest BCUT2D eigenvalue weighted by Gasteiger charge is 2.20. The van der Waals surface area contributed by atoms with Crippen LogP contribution in [0.4, 0.5) is 5.69 Å². The molecule has 0 radical (unpaired) electrons. The highest BCUT2D eigenvalue weighted by atomic mass is 16.4. The maximum Gasteiger partial charge on any atom is 0.417 e. The van der Waals surface area contributed by atoms with Gasteiger partial charge in [0.1, 0.15) is 0 Å². The number of aromatic amines is 1. The molecule has 0 saturated heterocycles. The van der Waals surface area contributed by atoms with Gasteiger partial charge >= 0.3 is 5.76 Å². The van der Waals surface area contributed by atoms with Crippen molar-refractivity contribution in [1.29, 1.82) is 0 Å². The largest absolute Gasteiger partial charge is 0.417 e. The second-order valence-corrected chi connectivity index (χ2v) is 5.88. The van der Waals surface area contributed by atoms with Crippen LogP contribution in [-0.4, -0.2) is 11.0 Å². The summed E-state index contributed by atoms with van der Waals surface area (Å²) >= 11 is 0. The third-order valence-corrected chi connectivity index (χ3v) is 4.33. The minimum Gasteiger partial charge on any atom is -0.408 e. The number of anilines is 1. The van der Waals surface area contributed by atoms with Crippen LogP contribution in [0, 0.1) is 5.92 Å². The lowest BCUT2D eigenvalue weighted by Crippen LogP contribution is -2.26. The summed E-state index contributed by atoms with van der Waals surface area (Å²) in [5.41, 5.74) is 2.44. The van der Waals surface area contributed by atoms with Crippen LogP contribution in [0.15, 0.2) is 27.4 Å². The molecule has 1 aliphatic carbocycles. The Morgan fingerprint density at radius 3 is 2.85 bits per heavy atom. The Bertz CT molecular complexity index is 621. The lowest BCUT2D eigenvalue weighted by atomic mass is 9.83. The van der Waals surface area contributed by atoms with Crippen molar-refractivity contribution in [1.82, 2.24) is 4.98 Å². The first-order valence-electron chi connectivity index (χ1n) is 7.64. The van der Waals surface area contributed by atoms with Crippen molar-refractivity contribution in [2.24, 2.45) is 5.92 Å². The fraction of sp³-hybridized carbons (Fsp3) is 0.562. The number of oxazole rings is 1. The first-order valence-corrected chi connectivity index (χ1v) is 7.64. The molecule has 3 rings (SSSR count). The number of H-pyrrole nitrogens is 1. The standard InChI is InChI=1S/C16H22N2O2/c1-2-3-11-4-6-12(7-5-11)17-13-8-9-15-14(10-13)18-16(19)20-15/h8-12,17H,2-7H2,1H3,(H,18,19). The zero-order chi connectivity index (χ0) is 13.9. The van der Waals surface area contributed by atoms with E-state index in [1.54, 1.807) is 0 Å². The zero-order valence-corrected chi connectivity index (χ0v) is 11.9. The third-order valence-electron chi connectivity index (χ3n) is 4.33. The summed E-state index contributed by atoms with van der Waals surface area (Å²) in [5, 5.41) is 3.58. The van der Waals surface area contributed by atoms with Crippen LogP contribution >= 0.6 is 0 Å². The molecule has 1 fully saturated rings. The van der Waals surface area contributed by atoms with Crippen LogP contribution in [-0.2, 0) is 0 Å². The highest BCUT2D eigenvalue weighted by molar-refractivity contribution is 5.76. The lowest BCUT2D eigenvalue weighted by Gasteiger charge is -2.29. The van der Waals surface area contributed by atoms with E-state index in [4.69, 9.17) is 4.42 Å². The average Bonchev–Trinajstić information content (AvgIpc) is 2.81. The Morgan fingerprint density at radius 1 is 1.30 bits per heavy atom. The van der Waals surface area contributed by atoms with Crippen molar-refractivity contribution < 1.29 is 4.42 Å². The molecular formula is C16H22N2O2. The van der Waals surface area contributed by atoms with Crippen LogP contribution in [0.3, 0.4) is 0 Å². The predicted molar refractivity (Wildman–Crippen MR) is 81.1 cm³/mol. The molecule has 2 N–H and O–H groups in total. The van der Waals surface area contributed by atoms with Crippen molar-refractivity contribution in [3.63, 3.8) is 0 Å². The fourth-order valence-corrected chi connectivity index (χ4v) is 3.28. The summed E-state index contributed by atoms with van der Waals surface area (Å²) in [6.45, 7) is 2.27. The van der Waals surface area contributed by atoms with Gasteiger partial charge in [-0.05, 0) is 49.8 Å². The Morgan fingerprint density at radius 2 is 2.10 bits per heavy atom. The van der Waals surface area contributed by atoms with Gasteiger partial charge in [0, 0.05) is 11.7 Å². The summed E-state index contributed by atoms with van der Waals surface area (Å²) < 4.78 is 5.01. The van der Waals surface area contributed by atoms with E-state index < -0.39 is 5.76 Å². The van der Waals surface area contributed by atoms with Crippen molar-refractivity contribution in [3.05, 3.63) is 28.7 Å². The smallest absolute Gasteiger partial charge is 0.408 e. The first kappa shape index (κ1) is 13.3. The average molecular weight is 274 g/mol. The molecule has 0 amide bonds. The van der Waals surface area contributed by atoms with Crippen molar-refractivity contribution in [3.8, 4) is 0 Å². The predicted octanol–water partition coefficient (Wildman–Crippen LogP) is 3.89. The summed E-state index contributed by atoms with van der Waals surface area (Å²) in [4.78, 5) is 13.8. The van der Waals surface area contributed by atoms with Crippen molar-refractivity contribution in [2.75, 3.05) is 5.32 Å². The number of hydrogen-bond donors (Lipinski definition) is 2. The highest BCUT2D eigenvalue weighted by Crippen LogP contribution is 2.29. The van der Waals surface area contributed by atoms with Crippen LogP contribution in [0.5, 0.6) is 0 Å². The molecule has 1 aliphatic rings. The van der Waals surface area contributed by atoms with Gasteiger partial charge in [-0.15, -0.1) is 0 Å². The lowest BCUT2D eigenvalue weighted by molar-refractivity contribution is 0.319. The number of rotatable bonds is 4. The number of aromatic nitrogens is 1. The Balaban J connectivity index is 1.63. The molecule has 1 heterocycles. The van der Waals surface area contributed by atoms with Crippen LogP contribution in [0.1, 0.15) is 45.4 Å². The minimum atomic E-state index is -0.391. The molecule has 0 bridgehead atoms. The van der Waals surface area contributed by atoms with Gasteiger partial charge in [0.05, 0.1) is 5.52 Å². The third kappa shape index (κ3) is 2.89. The van der Waals surface area contributed by atoms with Crippen LogP contribution in [0.25, 0.3) is 11.1 Å². The maximum atomic E-state index is 11.1. The molecule has 4 heteroatoms. The molecule has 1 aromatic carbocycles. The molecule has 20 heavy (non-hydrogen) atoms. The molecule has 0 unspecified atom stereocenters. The van der Waals surface area contributed by atoms with Gasteiger partial charge in [0.15, 0.2) is 5.58 Å². The molecule has 1 saturated carbocycles. The SMILES string of the molecule is CCCC1CCC(Nc2ccc3oc(=O)[nH]c3c2)CC1. The van der Waals surface area contributed by atoms with E-state index >= 15 is 0 Å². The molecule has 0 aliphatic heterocycles. The van der Waals surface area contributed by atoms with E-state index in [1.165, 1.54) is 38.5 Å². The molecular weight excluding hydrogens is 252 g/mol. The number of nitrogens with one attached hydrogen (secondary N) is 2. The Labute approximate surface area is 118 Å². The molecule has 0 spiro atoms. The van der Waals surface area contributed by atoms with Crippen molar-refractivity contribution >= 4 is 16.8 Å². The Kier molecular flexibility index (Phi) is 3.81. The quantitative estimate of drug-likeness (QED) is 0.889. The Hall–Kier alpha value is -1.71. The van der Waals surface area contributed by atoms with E-state index in [1.807, 2.05) is 18.2 Å². The van der Waals surface area contributed by atoms with E-state index in [2.05, 4.69) is 17.2 Å². The summed E-state index contributed by atoms with van der Waals surface area (Å²) in [5.74, 6) is 0.531. The second kappa shape index (κ2) is 5.73. The topological polar surface area (TPSA) is 58.0 Å². The zero-order valence-electron chi connectivity index (χ0n) is 11.9. The van der Waals surface area contributed by atoms with Gasteiger partial charge in [-0.3, -0.25) is 4.98 Å². The maximum absolute atomic E-state index is 11.1. The van der Waals surface area contributed by atoms with Crippen molar-refractivity contribution in [2.45, 2.75) is 51.5 Å². The van der Waals surface area contributed by atoms with Gasteiger partial charge in [-0.2, -0.15) is 0 Å². The normalized spacial score (nSPS) is 23.1. The van der Waals surface area contributed by atoms with E-state index in [9.17, 15) is 4.79 Å². The fourth-order valence-electron chi connectivity index (χ4n) is 3.28. The first-order chi connectivity index (χ1) is 9.74. The van der Waals surface area contributed by atoms with E-state index in [-0.39, 0.29) is 0 Å². The molecule has 1 aromatic heterocycles. The summed E-state index contributed by atoms with van der Waals surface area (Å²) in [6.07, 6.45) is 7.81. The summed E-state index contributed by atoms with van der Waals surface area (Å²) in [6, 6.07) is 6.34. The summed E-state index contributed by atoms with van der Waals surface area (Å²) in [7, 11) is 0. The molecule has 108 valence electrons. The van der Waals surface area contributed by atoms with Gasteiger partial charge in [-0.25, -0.2) is 4.79 Å². The van der Waals surface area contributed by atoms with E-state index in [0.29, 0.717) is 11.6 Å². The number of hydrogen-bond acceptors (Lipinski definition) is 3. The minimum absolute atomic E-state index is 0.391. The monoisotopic (exact) mass is 274 g/mol. The van der Waals surface area contributed by atoms with Gasteiger partial charge in [0.2, 0.25) is 0 Å².